The molecule has 2 amide bonds. The summed E-state index contributed by atoms with van der Waals surface area (Å²) < 4.78 is 13.8. The highest BCUT2D eigenvalue weighted by atomic mass is 35.5. The monoisotopic (exact) mass is 401 g/mol. The molecule has 136 valence electrons. The Labute approximate surface area is 163 Å². The summed E-state index contributed by atoms with van der Waals surface area (Å²) in [5, 5.41) is 7.89. The SMILES string of the molecule is O=C1CCc2cc(-c3csc(NC(=O)c4cc(Cl)ccc4F)n3)ccc2N1. The topological polar surface area (TPSA) is 71.1 Å². The number of nitrogens with zero attached hydrogens (tertiary/aromatic N) is 1. The quantitative estimate of drug-likeness (QED) is 0.665. The smallest absolute Gasteiger partial charge is 0.260 e. The van der Waals surface area contributed by atoms with Crippen LogP contribution in [0.15, 0.2) is 41.8 Å². The van der Waals surface area contributed by atoms with Crippen LogP contribution in [-0.4, -0.2) is 16.8 Å². The van der Waals surface area contributed by atoms with E-state index in [0.717, 1.165) is 22.9 Å². The van der Waals surface area contributed by atoms with Crippen LogP contribution in [0, 0.1) is 5.82 Å². The van der Waals surface area contributed by atoms with Crippen LogP contribution in [-0.2, 0) is 11.2 Å². The van der Waals surface area contributed by atoms with Crippen molar-refractivity contribution in [1.82, 2.24) is 4.98 Å². The number of aromatic nitrogens is 1. The average molecular weight is 402 g/mol. The first-order valence-corrected chi connectivity index (χ1v) is 9.40. The molecule has 0 bridgehead atoms. The van der Waals surface area contributed by atoms with Crippen molar-refractivity contribution in [2.45, 2.75) is 12.8 Å². The Hall–Kier alpha value is -2.77. The van der Waals surface area contributed by atoms with Gasteiger partial charge in [0, 0.05) is 28.1 Å². The first-order chi connectivity index (χ1) is 13.0. The molecule has 0 fully saturated rings. The van der Waals surface area contributed by atoms with Gasteiger partial charge in [-0.2, -0.15) is 0 Å². The van der Waals surface area contributed by atoms with E-state index in [2.05, 4.69) is 15.6 Å². The van der Waals surface area contributed by atoms with Crippen LogP contribution in [0.1, 0.15) is 22.3 Å². The minimum Gasteiger partial charge on any atom is -0.326 e. The lowest BCUT2D eigenvalue weighted by Gasteiger charge is -2.17. The number of benzene rings is 2. The maximum absolute atomic E-state index is 13.8. The van der Waals surface area contributed by atoms with Gasteiger partial charge in [-0.1, -0.05) is 17.7 Å². The fraction of sp³-hybridized carbons (Fsp3) is 0.105. The molecule has 2 aromatic carbocycles. The van der Waals surface area contributed by atoms with Gasteiger partial charge in [0.2, 0.25) is 5.91 Å². The van der Waals surface area contributed by atoms with Crippen molar-refractivity contribution in [3.05, 3.63) is 63.7 Å². The summed E-state index contributed by atoms with van der Waals surface area (Å²) in [7, 11) is 0. The first kappa shape index (κ1) is 17.6. The van der Waals surface area contributed by atoms with E-state index in [1.807, 2.05) is 23.6 Å². The van der Waals surface area contributed by atoms with Crippen molar-refractivity contribution in [1.29, 1.82) is 0 Å². The molecule has 2 N–H and O–H groups in total. The van der Waals surface area contributed by atoms with Gasteiger partial charge in [0.25, 0.3) is 5.91 Å². The third-order valence-corrected chi connectivity index (χ3v) is 5.19. The van der Waals surface area contributed by atoms with Crippen molar-refractivity contribution in [2.75, 3.05) is 10.6 Å². The summed E-state index contributed by atoms with van der Waals surface area (Å²) in [5.41, 5.74) is 3.31. The number of hydrogen-bond donors (Lipinski definition) is 2. The summed E-state index contributed by atoms with van der Waals surface area (Å²) in [6.45, 7) is 0. The molecule has 27 heavy (non-hydrogen) atoms. The molecule has 0 radical (unpaired) electrons. The molecule has 0 spiro atoms. The Morgan fingerprint density at radius 3 is 2.93 bits per heavy atom. The number of anilines is 2. The summed E-state index contributed by atoms with van der Waals surface area (Å²) in [6.07, 6.45) is 1.14. The maximum atomic E-state index is 13.8. The second-order valence-electron chi connectivity index (χ2n) is 6.04. The minimum atomic E-state index is -0.648. The van der Waals surface area contributed by atoms with E-state index < -0.39 is 11.7 Å². The molecule has 0 unspecified atom stereocenters. The Morgan fingerprint density at radius 2 is 2.07 bits per heavy atom. The number of carbonyl (C=O) groups is 2. The molecule has 1 aliphatic rings. The average Bonchev–Trinajstić information content (AvgIpc) is 3.11. The second kappa shape index (κ2) is 7.09. The number of thiazole rings is 1. The van der Waals surface area contributed by atoms with E-state index in [4.69, 9.17) is 11.6 Å². The zero-order valence-electron chi connectivity index (χ0n) is 13.9. The number of carbonyl (C=O) groups excluding carboxylic acids is 2. The fourth-order valence-electron chi connectivity index (χ4n) is 2.84. The highest BCUT2D eigenvalue weighted by Crippen LogP contribution is 2.31. The molecular formula is C19H13ClFN3O2S. The number of halogens is 2. The summed E-state index contributed by atoms with van der Waals surface area (Å²) in [6, 6.07) is 9.50. The lowest BCUT2D eigenvalue weighted by Crippen LogP contribution is -2.18. The van der Waals surface area contributed by atoms with E-state index in [9.17, 15) is 14.0 Å². The summed E-state index contributed by atoms with van der Waals surface area (Å²) in [5.74, 6) is -1.24. The number of fused-ring (bicyclic) bond motifs is 1. The second-order valence-corrected chi connectivity index (χ2v) is 7.33. The zero-order valence-corrected chi connectivity index (χ0v) is 15.5. The molecular weight excluding hydrogens is 389 g/mol. The molecule has 1 aliphatic heterocycles. The van der Waals surface area contributed by atoms with Crippen LogP contribution in [0.5, 0.6) is 0 Å². The van der Waals surface area contributed by atoms with Crippen LogP contribution < -0.4 is 10.6 Å². The van der Waals surface area contributed by atoms with Crippen molar-refractivity contribution < 1.29 is 14.0 Å². The molecule has 1 aromatic heterocycles. The molecule has 5 nitrogen and oxygen atoms in total. The van der Waals surface area contributed by atoms with Crippen LogP contribution in [0.4, 0.5) is 15.2 Å². The predicted molar refractivity (Wildman–Crippen MR) is 104 cm³/mol. The molecule has 2 heterocycles. The fourth-order valence-corrected chi connectivity index (χ4v) is 3.73. The van der Waals surface area contributed by atoms with Crippen molar-refractivity contribution in [2.24, 2.45) is 0 Å². The Kier molecular flexibility index (Phi) is 4.63. The lowest BCUT2D eigenvalue weighted by atomic mass is 9.99. The van der Waals surface area contributed by atoms with Gasteiger partial charge in [0.1, 0.15) is 5.82 Å². The van der Waals surface area contributed by atoms with E-state index in [1.165, 1.54) is 23.5 Å². The van der Waals surface area contributed by atoms with Gasteiger partial charge in [-0.05, 0) is 42.3 Å². The van der Waals surface area contributed by atoms with Crippen LogP contribution in [0.25, 0.3) is 11.3 Å². The summed E-state index contributed by atoms with van der Waals surface area (Å²) >= 11 is 7.08. The number of aryl methyl sites for hydroxylation is 1. The van der Waals surface area contributed by atoms with E-state index in [1.54, 1.807) is 0 Å². The van der Waals surface area contributed by atoms with Crippen LogP contribution in [0.2, 0.25) is 5.02 Å². The van der Waals surface area contributed by atoms with Crippen molar-refractivity contribution in [3.63, 3.8) is 0 Å². The third kappa shape index (κ3) is 3.70. The van der Waals surface area contributed by atoms with Gasteiger partial charge >= 0.3 is 0 Å². The van der Waals surface area contributed by atoms with Crippen molar-refractivity contribution >= 4 is 45.6 Å². The van der Waals surface area contributed by atoms with E-state index >= 15 is 0 Å². The zero-order chi connectivity index (χ0) is 19.0. The summed E-state index contributed by atoms with van der Waals surface area (Å²) in [4.78, 5) is 28.1. The predicted octanol–water partition coefficient (Wildman–Crippen LogP) is 4.74. The molecule has 0 atom stereocenters. The Bertz CT molecular complexity index is 1070. The normalized spacial score (nSPS) is 13.0. The van der Waals surface area contributed by atoms with Gasteiger partial charge in [0.05, 0.1) is 11.3 Å². The van der Waals surface area contributed by atoms with Gasteiger partial charge in [-0.15, -0.1) is 11.3 Å². The molecule has 0 saturated carbocycles. The van der Waals surface area contributed by atoms with Gasteiger partial charge in [-0.25, -0.2) is 9.37 Å². The largest absolute Gasteiger partial charge is 0.326 e. The number of nitrogens with one attached hydrogen (secondary N) is 2. The molecule has 8 heteroatoms. The van der Waals surface area contributed by atoms with E-state index in [0.29, 0.717) is 23.7 Å². The van der Waals surface area contributed by atoms with Gasteiger partial charge in [-0.3, -0.25) is 14.9 Å². The van der Waals surface area contributed by atoms with Crippen LogP contribution >= 0.6 is 22.9 Å². The van der Waals surface area contributed by atoms with E-state index in [-0.39, 0.29) is 16.5 Å². The Morgan fingerprint density at radius 1 is 1.22 bits per heavy atom. The molecule has 3 aromatic rings. The minimum absolute atomic E-state index is 0.0159. The van der Waals surface area contributed by atoms with Crippen molar-refractivity contribution in [3.8, 4) is 11.3 Å². The van der Waals surface area contributed by atoms with Gasteiger partial charge in [0.15, 0.2) is 5.13 Å². The number of amides is 2. The molecule has 0 aliphatic carbocycles. The highest BCUT2D eigenvalue weighted by molar-refractivity contribution is 7.14. The Balaban J connectivity index is 1.54. The molecule has 4 rings (SSSR count). The first-order valence-electron chi connectivity index (χ1n) is 8.15. The van der Waals surface area contributed by atoms with Crippen LogP contribution in [0.3, 0.4) is 0 Å². The number of rotatable bonds is 3. The lowest BCUT2D eigenvalue weighted by molar-refractivity contribution is -0.116. The number of hydrogen-bond acceptors (Lipinski definition) is 4. The highest BCUT2D eigenvalue weighted by Gasteiger charge is 2.17. The third-order valence-electron chi connectivity index (χ3n) is 4.19. The maximum Gasteiger partial charge on any atom is 0.260 e. The standard InChI is InChI=1S/C19H13ClFN3O2S/c20-12-3-4-14(21)13(8-12)18(26)24-19-23-16(9-27-19)11-1-5-15-10(7-11)2-6-17(25)22-15/h1,3-5,7-9H,2,6H2,(H,22,25)(H,23,24,26). The van der Waals surface area contributed by atoms with Gasteiger partial charge < -0.3 is 5.32 Å². The molecule has 0 saturated heterocycles.